The zero-order valence-corrected chi connectivity index (χ0v) is 20.9. The van der Waals surface area contributed by atoms with Crippen LogP contribution in [0.3, 0.4) is 0 Å². The molecule has 4 atom stereocenters. The molecule has 9 nitrogen and oxygen atoms in total. The Morgan fingerprint density at radius 2 is 1.91 bits per heavy atom. The van der Waals surface area contributed by atoms with Gasteiger partial charge in [-0.2, -0.15) is 0 Å². The van der Waals surface area contributed by atoms with Crippen molar-refractivity contribution >= 4 is 29.2 Å². The fourth-order valence-electron chi connectivity index (χ4n) is 4.07. The average molecular weight is 489 g/mol. The number of carbonyl (C=O) groups excluding carboxylic acids is 3. The number of likely N-dealkylation sites (tertiary alicyclic amines) is 1. The van der Waals surface area contributed by atoms with E-state index in [0.717, 1.165) is 21.7 Å². The fraction of sp³-hybridized carbons (Fsp3) is 0.500. The number of ether oxygens (including phenoxy) is 1. The van der Waals surface area contributed by atoms with Gasteiger partial charge in [0.25, 0.3) is 5.91 Å². The topological polar surface area (TPSA) is 135 Å². The third kappa shape index (κ3) is 5.74. The summed E-state index contributed by atoms with van der Waals surface area (Å²) >= 11 is 1.57. The number of aliphatic hydroxyl groups is 1. The number of nitrogens with zero attached hydrogens (tertiary/aromatic N) is 2. The van der Waals surface area contributed by atoms with E-state index in [2.05, 4.69) is 10.3 Å². The second kappa shape index (κ2) is 10.1. The molecule has 0 aliphatic carbocycles. The van der Waals surface area contributed by atoms with Crippen LogP contribution in [-0.2, 0) is 14.3 Å². The van der Waals surface area contributed by atoms with Gasteiger partial charge in [-0.3, -0.25) is 9.59 Å². The van der Waals surface area contributed by atoms with E-state index in [4.69, 9.17) is 10.5 Å². The maximum atomic E-state index is 13.2. The van der Waals surface area contributed by atoms with Crippen LogP contribution in [0.25, 0.3) is 10.4 Å². The predicted molar refractivity (Wildman–Crippen MR) is 129 cm³/mol. The normalized spacial score (nSPS) is 20.0. The van der Waals surface area contributed by atoms with Gasteiger partial charge in [0.15, 0.2) is 6.10 Å². The third-order valence-electron chi connectivity index (χ3n) is 5.89. The van der Waals surface area contributed by atoms with Gasteiger partial charge in [0.2, 0.25) is 5.91 Å². The van der Waals surface area contributed by atoms with Crippen molar-refractivity contribution in [1.82, 2.24) is 15.2 Å². The van der Waals surface area contributed by atoms with Crippen LogP contribution in [0.15, 0.2) is 29.8 Å². The van der Waals surface area contributed by atoms with E-state index in [1.807, 2.05) is 43.6 Å². The van der Waals surface area contributed by atoms with Crippen molar-refractivity contribution in [1.29, 1.82) is 0 Å². The predicted octanol–water partition coefficient (Wildman–Crippen LogP) is 2.77. The van der Waals surface area contributed by atoms with Crippen molar-refractivity contribution < 1.29 is 24.2 Å². The molecule has 1 fully saturated rings. The molecule has 0 radical (unpaired) electrons. The minimum atomic E-state index is -1.18. The number of carbonyl (C=O) groups is 3. The highest BCUT2D eigenvalue weighted by Gasteiger charge is 2.45. The van der Waals surface area contributed by atoms with Crippen molar-refractivity contribution in [3.05, 3.63) is 41.0 Å². The number of amides is 3. The molecule has 34 heavy (non-hydrogen) atoms. The van der Waals surface area contributed by atoms with Crippen molar-refractivity contribution in [3.8, 4) is 10.4 Å². The maximum Gasteiger partial charge on any atom is 0.405 e. The molecule has 0 bridgehead atoms. The fourth-order valence-corrected chi connectivity index (χ4v) is 4.88. The molecular formula is C24H32N4O5S. The number of hydrogen-bond donors (Lipinski definition) is 3. The molecular weight excluding hydrogens is 456 g/mol. The first-order chi connectivity index (χ1) is 15.9. The lowest BCUT2D eigenvalue weighted by atomic mass is 9.88. The molecule has 184 valence electrons. The first-order valence-corrected chi connectivity index (χ1v) is 12.0. The van der Waals surface area contributed by atoms with Crippen LogP contribution < -0.4 is 11.1 Å². The van der Waals surface area contributed by atoms with Crippen LogP contribution in [-0.4, -0.2) is 57.7 Å². The highest BCUT2D eigenvalue weighted by atomic mass is 32.1. The van der Waals surface area contributed by atoms with Gasteiger partial charge in [-0.15, -0.1) is 11.3 Å². The Hall–Kier alpha value is -2.98. The van der Waals surface area contributed by atoms with Crippen LogP contribution in [0.2, 0.25) is 0 Å². The zero-order valence-electron chi connectivity index (χ0n) is 20.1. The number of hydrogen-bond acceptors (Lipinski definition) is 7. The van der Waals surface area contributed by atoms with Gasteiger partial charge in [0.05, 0.1) is 28.2 Å². The Bertz CT molecular complexity index is 1050. The molecule has 4 N–H and O–H groups in total. The SMILES string of the molecule is Cc1ncsc1-c1ccc(C(C)NC(=O)[C@H]2C[C@H](O)CN2C(=O)C(OC(N)=O)C(C)(C)C)cc1. The maximum absolute atomic E-state index is 13.2. The van der Waals surface area contributed by atoms with E-state index in [1.165, 1.54) is 4.90 Å². The van der Waals surface area contributed by atoms with E-state index in [9.17, 15) is 19.5 Å². The summed E-state index contributed by atoms with van der Waals surface area (Å²) in [6, 6.07) is 6.67. The summed E-state index contributed by atoms with van der Waals surface area (Å²) in [7, 11) is 0. The number of aromatic nitrogens is 1. The standard InChI is InChI=1S/C24H32N4O5S/c1-13(15-6-8-16(9-7-15)19-14(2)26-12-34-19)27-21(30)18-10-17(29)11-28(18)22(31)20(24(3,4)5)33-23(25)32/h6-9,12-13,17-18,20,29H,10-11H2,1-5H3,(H2,25,32)(H,27,30)/t13?,17-,18+,20?/m0/s1. The summed E-state index contributed by atoms with van der Waals surface area (Å²) in [6.07, 6.45) is -3.00. The molecule has 1 aromatic heterocycles. The first-order valence-electron chi connectivity index (χ1n) is 11.1. The molecule has 3 amide bonds. The molecule has 2 heterocycles. The number of thiazole rings is 1. The second-order valence-electron chi connectivity index (χ2n) is 9.70. The lowest BCUT2D eigenvalue weighted by Crippen LogP contribution is -2.53. The minimum Gasteiger partial charge on any atom is -0.436 e. The third-order valence-corrected chi connectivity index (χ3v) is 6.86. The van der Waals surface area contributed by atoms with Crippen LogP contribution in [0, 0.1) is 12.3 Å². The van der Waals surface area contributed by atoms with Gasteiger partial charge < -0.3 is 25.8 Å². The summed E-state index contributed by atoms with van der Waals surface area (Å²) in [6.45, 7) is 9.00. The molecule has 10 heteroatoms. The zero-order chi connectivity index (χ0) is 25.2. The number of nitrogens with one attached hydrogen (secondary N) is 1. The second-order valence-corrected chi connectivity index (χ2v) is 10.6. The molecule has 1 aliphatic heterocycles. The Kier molecular flexibility index (Phi) is 7.62. The molecule has 2 aromatic rings. The number of aryl methyl sites for hydroxylation is 1. The Morgan fingerprint density at radius 1 is 1.26 bits per heavy atom. The Morgan fingerprint density at radius 3 is 2.44 bits per heavy atom. The Balaban J connectivity index is 1.72. The highest BCUT2D eigenvalue weighted by molar-refractivity contribution is 7.13. The average Bonchev–Trinajstić information content (AvgIpc) is 3.36. The van der Waals surface area contributed by atoms with Crippen LogP contribution in [0.5, 0.6) is 0 Å². The van der Waals surface area contributed by atoms with Gasteiger partial charge in [0.1, 0.15) is 6.04 Å². The number of aliphatic hydroxyl groups excluding tert-OH is 1. The van der Waals surface area contributed by atoms with Crippen molar-refractivity contribution in [2.24, 2.45) is 11.1 Å². The molecule has 3 rings (SSSR count). The van der Waals surface area contributed by atoms with Gasteiger partial charge in [-0.25, -0.2) is 9.78 Å². The monoisotopic (exact) mass is 488 g/mol. The van der Waals surface area contributed by atoms with Crippen molar-refractivity contribution in [2.75, 3.05) is 6.54 Å². The highest BCUT2D eigenvalue weighted by Crippen LogP contribution is 2.30. The number of rotatable bonds is 6. The van der Waals surface area contributed by atoms with Gasteiger partial charge in [-0.1, -0.05) is 45.0 Å². The minimum absolute atomic E-state index is 0.0249. The summed E-state index contributed by atoms with van der Waals surface area (Å²) in [5.41, 5.74) is 9.16. The quantitative estimate of drug-likeness (QED) is 0.572. The smallest absolute Gasteiger partial charge is 0.405 e. The summed E-state index contributed by atoms with van der Waals surface area (Å²) in [4.78, 5) is 44.4. The number of β-amino-alcohol motifs (C(OH)–C–C–N with tert-alkyl or cyclic N) is 1. The van der Waals surface area contributed by atoms with E-state index in [-0.39, 0.29) is 24.9 Å². The molecule has 1 aliphatic rings. The van der Waals surface area contributed by atoms with Crippen LogP contribution >= 0.6 is 11.3 Å². The lowest BCUT2D eigenvalue weighted by Gasteiger charge is -2.34. The molecule has 1 saturated heterocycles. The number of nitrogens with two attached hydrogens (primary N) is 1. The summed E-state index contributed by atoms with van der Waals surface area (Å²) < 4.78 is 5.08. The van der Waals surface area contributed by atoms with Gasteiger partial charge >= 0.3 is 6.09 Å². The molecule has 0 saturated carbocycles. The van der Waals surface area contributed by atoms with E-state index in [1.54, 1.807) is 32.1 Å². The first kappa shape index (κ1) is 25.6. The van der Waals surface area contributed by atoms with Crippen molar-refractivity contribution in [2.45, 2.75) is 65.3 Å². The molecule has 2 unspecified atom stereocenters. The summed E-state index contributed by atoms with van der Waals surface area (Å²) in [5.74, 6) is -0.938. The molecule has 1 aromatic carbocycles. The van der Waals surface area contributed by atoms with Crippen LogP contribution in [0.1, 0.15) is 51.4 Å². The van der Waals surface area contributed by atoms with Crippen molar-refractivity contribution in [3.63, 3.8) is 0 Å². The lowest BCUT2D eigenvalue weighted by molar-refractivity contribution is -0.150. The number of benzene rings is 1. The van der Waals surface area contributed by atoms with Gasteiger partial charge in [-0.05, 0) is 25.0 Å². The van der Waals surface area contributed by atoms with E-state index >= 15 is 0 Å². The largest absolute Gasteiger partial charge is 0.436 e. The van der Waals surface area contributed by atoms with Gasteiger partial charge in [0, 0.05) is 18.4 Å². The van der Waals surface area contributed by atoms with E-state index in [0.29, 0.717) is 0 Å². The van der Waals surface area contributed by atoms with Crippen LogP contribution in [0.4, 0.5) is 4.79 Å². The molecule has 0 spiro atoms. The van der Waals surface area contributed by atoms with E-state index < -0.39 is 35.7 Å². The summed E-state index contributed by atoms with van der Waals surface area (Å²) in [5, 5.41) is 13.2. The number of primary amides is 1. The Labute approximate surface area is 203 Å².